The van der Waals surface area contributed by atoms with Crippen LogP contribution in [0.4, 0.5) is 20.4 Å². The van der Waals surface area contributed by atoms with Crippen LogP contribution in [0.25, 0.3) is 22.3 Å². The summed E-state index contributed by atoms with van der Waals surface area (Å²) in [6.45, 7) is 7.82. The van der Waals surface area contributed by atoms with Gasteiger partial charge in [0.05, 0.1) is 18.1 Å². The number of anilines is 2. The Hall–Kier alpha value is -6.55. The third-order valence-electron chi connectivity index (χ3n) is 8.35. The van der Waals surface area contributed by atoms with E-state index in [0.717, 1.165) is 68.8 Å². The molecule has 0 unspecified atom stereocenters. The number of carbonyl (C=O) groups excluding carboxylic acids is 2. The van der Waals surface area contributed by atoms with E-state index in [9.17, 15) is 18.4 Å². The molecular weight excluding hydrogens is 721 g/mol. The second-order valence-electron chi connectivity index (χ2n) is 12.1. The molecule has 0 saturated heterocycles. The van der Waals surface area contributed by atoms with Crippen molar-refractivity contribution in [3.8, 4) is 45.3 Å². The molecule has 2 amide bonds. The van der Waals surface area contributed by atoms with E-state index in [-0.39, 0.29) is 11.7 Å². The molecule has 0 saturated carbocycles. The number of amides is 2. The lowest BCUT2D eigenvalue weighted by molar-refractivity contribution is 0.101. The summed E-state index contributed by atoms with van der Waals surface area (Å²) < 4.78 is 53.5. The Kier molecular flexibility index (Phi) is 10.3. The van der Waals surface area contributed by atoms with Gasteiger partial charge in [0.15, 0.2) is 34.6 Å². The zero-order chi connectivity index (χ0) is 37.8. The van der Waals surface area contributed by atoms with Crippen LogP contribution >= 0.6 is 11.5 Å². The van der Waals surface area contributed by atoms with E-state index in [4.69, 9.17) is 18.9 Å². The molecule has 0 fully saturated rings. The van der Waals surface area contributed by atoms with Crippen LogP contribution in [0.3, 0.4) is 0 Å². The van der Waals surface area contributed by atoms with Crippen molar-refractivity contribution in [3.63, 3.8) is 0 Å². The van der Waals surface area contributed by atoms with Gasteiger partial charge < -0.3 is 29.6 Å². The molecule has 6 heterocycles. The molecule has 0 radical (unpaired) electrons. The number of pyridine rings is 3. The Labute approximate surface area is 311 Å². The van der Waals surface area contributed by atoms with Crippen LogP contribution in [-0.2, 0) is 0 Å². The fraction of sp³-hybridized carbons (Fsp3) is 0.184. The van der Waals surface area contributed by atoms with Gasteiger partial charge in [0.25, 0.3) is 11.8 Å². The van der Waals surface area contributed by atoms with E-state index in [1.165, 1.54) is 0 Å². The first-order chi connectivity index (χ1) is 26.1. The molecule has 54 heavy (non-hydrogen) atoms. The van der Waals surface area contributed by atoms with Gasteiger partial charge in [-0.15, -0.1) is 5.10 Å². The highest BCUT2D eigenvalue weighted by Crippen LogP contribution is 2.38. The van der Waals surface area contributed by atoms with Gasteiger partial charge in [-0.1, -0.05) is 4.49 Å². The van der Waals surface area contributed by atoms with Crippen LogP contribution in [-0.4, -0.2) is 62.8 Å². The Balaban J connectivity index is 0.000000167. The molecule has 0 spiro atoms. The van der Waals surface area contributed by atoms with Crippen LogP contribution in [0.1, 0.15) is 36.9 Å². The first-order valence-electron chi connectivity index (χ1n) is 16.6. The van der Waals surface area contributed by atoms with Gasteiger partial charge in [-0.3, -0.25) is 14.6 Å². The van der Waals surface area contributed by atoms with Crippen molar-refractivity contribution < 1.29 is 37.3 Å². The van der Waals surface area contributed by atoms with E-state index in [1.54, 1.807) is 37.5 Å². The molecule has 2 aliphatic rings. The smallest absolute Gasteiger partial charge is 0.270 e. The maximum Gasteiger partial charge on any atom is 0.270 e. The largest absolute Gasteiger partial charge is 0.486 e. The predicted molar refractivity (Wildman–Crippen MR) is 196 cm³/mol. The zero-order valence-corrected chi connectivity index (χ0v) is 29.9. The summed E-state index contributed by atoms with van der Waals surface area (Å²) in [4.78, 5) is 36.7. The van der Waals surface area contributed by atoms with Gasteiger partial charge in [-0.05, 0) is 103 Å². The normalized spacial score (nSPS) is 12.6. The number of hydrogen-bond donors (Lipinski definition) is 2. The number of fused-ring (bicyclic) bond motifs is 2. The molecule has 8 rings (SSSR count). The van der Waals surface area contributed by atoms with Gasteiger partial charge in [-0.2, -0.15) is 0 Å². The summed E-state index contributed by atoms with van der Waals surface area (Å²) in [6.07, 6.45) is 4.84. The number of carbonyl (C=O) groups is 2. The zero-order valence-electron chi connectivity index (χ0n) is 29.1. The summed E-state index contributed by atoms with van der Waals surface area (Å²) in [6, 6.07) is 14.7. The highest BCUT2D eigenvalue weighted by Gasteiger charge is 2.20. The summed E-state index contributed by atoms with van der Waals surface area (Å²) >= 11 is 1.07. The highest BCUT2D eigenvalue weighted by atomic mass is 32.1. The molecule has 2 aromatic carbocycles. The number of ether oxygens (including phenoxy) is 4. The Morgan fingerprint density at radius 2 is 1.11 bits per heavy atom. The first kappa shape index (κ1) is 35.8. The summed E-state index contributed by atoms with van der Waals surface area (Å²) in [5, 5.41) is 8.99. The van der Waals surface area contributed by atoms with Crippen molar-refractivity contribution in [2.24, 2.45) is 0 Å². The molecule has 4 aromatic heterocycles. The number of halogens is 2. The standard InChI is InChI=1S/C20H15F2N3O3.C18H16N4O3S/c1-11-6-16-17(28-5-4-27-16)7-13(11)12-2-3-18(24-8-12)25-20(26)19-14(21)9-23-10-15(19)22;1-10-7-14-15(25-6-5-24-14)8-13(10)12-3-4-16(19-9-12)20-18(23)17-11(2)21-22-26-17/h2-3,6-10H,4-5H2,1H3,(H,24,25,26);3-4,7-9H,5-6H2,1-2H3,(H,19,20,23). The van der Waals surface area contributed by atoms with Gasteiger partial charge >= 0.3 is 0 Å². The number of aromatic nitrogens is 5. The van der Waals surface area contributed by atoms with Gasteiger partial charge in [0.2, 0.25) is 0 Å². The van der Waals surface area contributed by atoms with Crippen LogP contribution in [0.5, 0.6) is 23.0 Å². The van der Waals surface area contributed by atoms with Gasteiger partial charge in [-0.25, -0.2) is 18.7 Å². The molecule has 0 aliphatic carbocycles. The molecule has 6 aromatic rings. The number of hydrogen-bond acceptors (Lipinski definition) is 12. The fourth-order valence-electron chi connectivity index (χ4n) is 5.68. The van der Waals surface area contributed by atoms with E-state index >= 15 is 0 Å². The molecule has 2 N–H and O–H groups in total. The first-order valence-corrected chi connectivity index (χ1v) is 17.4. The lowest BCUT2D eigenvalue weighted by Crippen LogP contribution is -2.17. The average Bonchev–Trinajstić information content (AvgIpc) is 3.61. The molecule has 274 valence electrons. The lowest BCUT2D eigenvalue weighted by atomic mass is 10.0. The minimum absolute atomic E-state index is 0.166. The van der Waals surface area contributed by atoms with Gasteiger partial charge in [0.1, 0.15) is 48.5 Å². The molecule has 16 heteroatoms. The minimum atomic E-state index is -1.04. The number of nitrogens with one attached hydrogen (secondary N) is 2. The molecule has 0 bridgehead atoms. The van der Waals surface area contributed by atoms with Crippen LogP contribution in [0.15, 0.2) is 73.3 Å². The molecular formula is C38H31F2N7O6S. The van der Waals surface area contributed by atoms with Crippen molar-refractivity contribution in [1.29, 1.82) is 0 Å². The fourth-order valence-corrected chi connectivity index (χ4v) is 6.23. The maximum atomic E-state index is 13.7. The molecule has 0 atom stereocenters. The second kappa shape index (κ2) is 15.6. The highest BCUT2D eigenvalue weighted by molar-refractivity contribution is 7.08. The van der Waals surface area contributed by atoms with Crippen molar-refractivity contribution in [2.75, 3.05) is 37.1 Å². The third-order valence-corrected chi connectivity index (χ3v) is 9.18. The van der Waals surface area contributed by atoms with E-state index in [0.29, 0.717) is 54.3 Å². The summed E-state index contributed by atoms with van der Waals surface area (Å²) in [5.74, 6) is 0.230. The quantitative estimate of drug-likeness (QED) is 0.181. The topological polar surface area (TPSA) is 160 Å². The van der Waals surface area contributed by atoms with Crippen molar-refractivity contribution in [3.05, 3.63) is 112 Å². The number of rotatable bonds is 6. The average molecular weight is 752 g/mol. The second-order valence-corrected chi connectivity index (χ2v) is 12.8. The Morgan fingerprint density at radius 3 is 1.54 bits per heavy atom. The number of benzene rings is 2. The van der Waals surface area contributed by atoms with Crippen LogP contribution in [0, 0.1) is 32.4 Å². The lowest BCUT2D eigenvalue weighted by Gasteiger charge is -2.20. The van der Waals surface area contributed by atoms with E-state index < -0.39 is 23.1 Å². The molecule has 2 aliphatic heterocycles. The van der Waals surface area contributed by atoms with Crippen LogP contribution in [0.2, 0.25) is 0 Å². The molecule has 13 nitrogen and oxygen atoms in total. The Morgan fingerprint density at radius 1 is 0.648 bits per heavy atom. The third kappa shape index (κ3) is 7.78. The SMILES string of the molecule is Cc1cc2c(cc1-c1ccc(NC(=O)c3c(F)cncc3F)nc1)OCCO2.Cc1cc2c(cc1-c1ccc(NC(=O)c3snnc3C)nc1)OCCO2. The summed E-state index contributed by atoms with van der Waals surface area (Å²) in [7, 11) is 0. The monoisotopic (exact) mass is 751 g/mol. The summed E-state index contributed by atoms with van der Waals surface area (Å²) in [5.41, 5.74) is 5.60. The maximum absolute atomic E-state index is 13.7. The van der Waals surface area contributed by atoms with Crippen molar-refractivity contribution >= 4 is 35.0 Å². The number of aryl methyl sites for hydroxylation is 3. The van der Waals surface area contributed by atoms with Gasteiger partial charge in [0, 0.05) is 23.5 Å². The van der Waals surface area contributed by atoms with E-state index in [2.05, 4.69) is 35.2 Å². The van der Waals surface area contributed by atoms with Crippen molar-refractivity contribution in [1.82, 2.24) is 24.5 Å². The Bertz CT molecular complexity index is 2340. The van der Waals surface area contributed by atoms with Crippen molar-refractivity contribution in [2.45, 2.75) is 20.8 Å². The number of nitrogens with zero attached hydrogens (tertiary/aromatic N) is 5. The predicted octanol–water partition coefficient (Wildman–Crippen LogP) is 6.99. The van der Waals surface area contributed by atoms with E-state index in [1.807, 2.05) is 44.2 Å². The minimum Gasteiger partial charge on any atom is -0.486 e. The van der Waals surface area contributed by atoms with Crippen LogP contribution < -0.4 is 29.6 Å².